The van der Waals surface area contributed by atoms with Crippen molar-refractivity contribution in [3.63, 3.8) is 0 Å². The number of fused-ring (bicyclic) bond motifs is 1. The molecule has 116 valence electrons. The lowest BCUT2D eigenvalue weighted by atomic mass is 10.1. The number of halogens is 1. The zero-order valence-electron chi connectivity index (χ0n) is 12.8. The molecule has 0 unspecified atom stereocenters. The molecule has 0 saturated carbocycles. The van der Waals surface area contributed by atoms with Gasteiger partial charge in [0.15, 0.2) is 0 Å². The number of carbonyl (C=O) groups is 1. The number of amides is 2. The molecule has 0 aromatic heterocycles. The molecule has 2 amide bonds. The van der Waals surface area contributed by atoms with Crippen molar-refractivity contribution in [3.8, 4) is 0 Å². The first-order valence-electron chi connectivity index (χ1n) is 7.41. The molecule has 0 aliphatic heterocycles. The molecule has 4 heteroatoms. The largest absolute Gasteiger partial charge is 0.334 e. The zero-order chi connectivity index (χ0) is 16.2. The van der Waals surface area contributed by atoms with Gasteiger partial charge in [-0.25, -0.2) is 9.18 Å². The minimum atomic E-state index is -0.289. The molecule has 3 aromatic rings. The fourth-order valence-electron chi connectivity index (χ4n) is 2.50. The van der Waals surface area contributed by atoms with Crippen LogP contribution in [0.25, 0.3) is 10.8 Å². The number of carbonyl (C=O) groups excluding carboxylic acids is 1. The third-order valence-corrected chi connectivity index (χ3v) is 3.71. The summed E-state index contributed by atoms with van der Waals surface area (Å²) in [7, 11) is 0. The fraction of sp³-hybridized carbons (Fsp3) is 0.105. The SMILES string of the molecule is Cc1cc(CNC(=O)Nc2cccc3ccccc23)ccc1F. The minimum absolute atomic E-state index is 0.242. The number of urea groups is 1. The highest BCUT2D eigenvalue weighted by Crippen LogP contribution is 2.22. The van der Waals surface area contributed by atoms with Crippen molar-refractivity contribution in [1.82, 2.24) is 5.32 Å². The van der Waals surface area contributed by atoms with Crippen LogP contribution in [0.5, 0.6) is 0 Å². The molecule has 3 nitrogen and oxygen atoms in total. The third kappa shape index (κ3) is 3.48. The van der Waals surface area contributed by atoms with Crippen LogP contribution < -0.4 is 10.6 Å². The van der Waals surface area contributed by atoms with E-state index in [2.05, 4.69) is 10.6 Å². The molecule has 0 heterocycles. The van der Waals surface area contributed by atoms with Gasteiger partial charge in [0, 0.05) is 11.9 Å². The van der Waals surface area contributed by atoms with E-state index >= 15 is 0 Å². The normalized spacial score (nSPS) is 10.5. The van der Waals surface area contributed by atoms with Crippen molar-refractivity contribution in [2.75, 3.05) is 5.32 Å². The smallest absolute Gasteiger partial charge is 0.319 e. The van der Waals surface area contributed by atoms with Gasteiger partial charge >= 0.3 is 6.03 Å². The molecule has 0 radical (unpaired) electrons. The van der Waals surface area contributed by atoms with Crippen molar-refractivity contribution < 1.29 is 9.18 Å². The highest BCUT2D eigenvalue weighted by atomic mass is 19.1. The van der Waals surface area contributed by atoms with Crippen LogP contribution in [0.1, 0.15) is 11.1 Å². The van der Waals surface area contributed by atoms with E-state index < -0.39 is 0 Å². The van der Waals surface area contributed by atoms with Gasteiger partial charge in [0.25, 0.3) is 0 Å². The maximum atomic E-state index is 13.2. The molecule has 23 heavy (non-hydrogen) atoms. The summed E-state index contributed by atoms with van der Waals surface area (Å²) in [5.74, 6) is -0.242. The molecule has 0 spiro atoms. The van der Waals surface area contributed by atoms with Crippen LogP contribution in [0.2, 0.25) is 0 Å². The zero-order valence-corrected chi connectivity index (χ0v) is 12.8. The predicted octanol–water partition coefficient (Wildman–Crippen LogP) is 4.61. The number of hydrogen-bond acceptors (Lipinski definition) is 1. The van der Waals surface area contributed by atoms with Gasteiger partial charge in [0.1, 0.15) is 5.82 Å². The molecule has 0 saturated heterocycles. The van der Waals surface area contributed by atoms with Crippen molar-refractivity contribution in [2.24, 2.45) is 0 Å². The van der Waals surface area contributed by atoms with Crippen LogP contribution in [-0.2, 0) is 6.54 Å². The highest BCUT2D eigenvalue weighted by Gasteiger charge is 2.06. The Kier molecular flexibility index (Phi) is 4.24. The summed E-state index contributed by atoms with van der Waals surface area (Å²) in [5.41, 5.74) is 2.19. The molecule has 3 rings (SSSR count). The molecule has 2 N–H and O–H groups in total. The highest BCUT2D eigenvalue weighted by molar-refractivity contribution is 6.01. The van der Waals surface area contributed by atoms with E-state index in [-0.39, 0.29) is 11.8 Å². The quantitative estimate of drug-likeness (QED) is 0.729. The summed E-state index contributed by atoms with van der Waals surface area (Å²) in [6, 6.07) is 18.2. The minimum Gasteiger partial charge on any atom is -0.334 e. The maximum Gasteiger partial charge on any atom is 0.319 e. The summed E-state index contributed by atoms with van der Waals surface area (Å²) < 4.78 is 13.2. The van der Waals surface area contributed by atoms with Crippen molar-refractivity contribution in [1.29, 1.82) is 0 Å². The number of benzene rings is 3. The lowest BCUT2D eigenvalue weighted by Crippen LogP contribution is -2.28. The van der Waals surface area contributed by atoms with Crippen molar-refractivity contribution in [2.45, 2.75) is 13.5 Å². The Morgan fingerprint density at radius 1 is 1.04 bits per heavy atom. The van der Waals surface area contributed by atoms with Crippen molar-refractivity contribution >= 4 is 22.5 Å². The van der Waals surface area contributed by atoms with Crippen molar-refractivity contribution in [3.05, 3.63) is 77.6 Å². The Balaban J connectivity index is 1.68. The van der Waals surface area contributed by atoms with Crippen LogP contribution in [0.3, 0.4) is 0 Å². The van der Waals surface area contributed by atoms with Crippen LogP contribution in [0.4, 0.5) is 14.9 Å². The first-order valence-corrected chi connectivity index (χ1v) is 7.41. The van der Waals surface area contributed by atoms with E-state index in [0.29, 0.717) is 12.1 Å². The van der Waals surface area contributed by atoms with E-state index in [0.717, 1.165) is 22.0 Å². The molecule has 3 aromatic carbocycles. The second kappa shape index (κ2) is 6.48. The first kappa shape index (κ1) is 15.0. The molecule has 0 bridgehead atoms. The van der Waals surface area contributed by atoms with Gasteiger partial charge < -0.3 is 10.6 Å². The van der Waals surface area contributed by atoms with Gasteiger partial charge in [-0.15, -0.1) is 0 Å². The Labute approximate surface area is 134 Å². The first-order chi connectivity index (χ1) is 11.1. The topological polar surface area (TPSA) is 41.1 Å². The standard InChI is InChI=1S/C19H17FN2O/c1-13-11-14(9-10-17(13)20)12-21-19(23)22-18-8-4-6-15-5-2-3-7-16(15)18/h2-11H,12H2,1H3,(H2,21,22,23). The summed E-state index contributed by atoms with van der Waals surface area (Å²) >= 11 is 0. The van der Waals surface area contributed by atoms with Gasteiger partial charge in [0.05, 0.1) is 5.69 Å². The Morgan fingerprint density at radius 3 is 2.65 bits per heavy atom. The fourth-order valence-corrected chi connectivity index (χ4v) is 2.50. The van der Waals surface area contributed by atoms with Gasteiger partial charge in [-0.3, -0.25) is 0 Å². The molecule has 0 fully saturated rings. The second-order valence-corrected chi connectivity index (χ2v) is 5.42. The van der Waals surface area contributed by atoms with E-state index in [4.69, 9.17) is 0 Å². The third-order valence-electron chi connectivity index (χ3n) is 3.71. The van der Waals surface area contributed by atoms with Crippen LogP contribution in [-0.4, -0.2) is 6.03 Å². The summed E-state index contributed by atoms with van der Waals surface area (Å²) in [6.45, 7) is 2.05. The molecule has 0 aliphatic carbocycles. The predicted molar refractivity (Wildman–Crippen MR) is 90.9 cm³/mol. The van der Waals surface area contributed by atoms with Gasteiger partial charge in [-0.2, -0.15) is 0 Å². The number of rotatable bonds is 3. The lowest BCUT2D eigenvalue weighted by molar-refractivity contribution is 0.252. The van der Waals surface area contributed by atoms with E-state index in [1.165, 1.54) is 6.07 Å². The number of anilines is 1. The van der Waals surface area contributed by atoms with Gasteiger partial charge in [-0.1, -0.05) is 48.5 Å². The summed E-state index contributed by atoms with van der Waals surface area (Å²) in [6.07, 6.45) is 0. The average Bonchev–Trinajstić information content (AvgIpc) is 2.56. The average molecular weight is 308 g/mol. The maximum absolute atomic E-state index is 13.2. The molecule has 0 aliphatic rings. The van der Waals surface area contributed by atoms with Crippen LogP contribution >= 0.6 is 0 Å². The molecule has 0 atom stereocenters. The second-order valence-electron chi connectivity index (χ2n) is 5.42. The van der Waals surface area contributed by atoms with Gasteiger partial charge in [-0.05, 0) is 35.6 Å². The monoisotopic (exact) mass is 308 g/mol. The number of aryl methyl sites for hydroxylation is 1. The van der Waals surface area contributed by atoms with E-state index in [9.17, 15) is 9.18 Å². The molecular formula is C19H17FN2O. The van der Waals surface area contributed by atoms with Crippen LogP contribution in [0, 0.1) is 12.7 Å². The Hall–Kier alpha value is -2.88. The summed E-state index contributed by atoms with van der Waals surface area (Å²) in [4.78, 5) is 12.1. The van der Waals surface area contributed by atoms with E-state index in [1.807, 2.05) is 42.5 Å². The van der Waals surface area contributed by atoms with E-state index in [1.54, 1.807) is 19.1 Å². The number of nitrogens with one attached hydrogen (secondary N) is 2. The molecular weight excluding hydrogens is 291 g/mol. The lowest BCUT2D eigenvalue weighted by Gasteiger charge is -2.10. The Morgan fingerprint density at radius 2 is 1.83 bits per heavy atom. The van der Waals surface area contributed by atoms with Crippen LogP contribution in [0.15, 0.2) is 60.7 Å². The number of hydrogen-bond donors (Lipinski definition) is 2. The summed E-state index contributed by atoms with van der Waals surface area (Å²) in [5, 5.41) is 7.70. The Bertz CT molecular complexity index is 856. The van der Waals surface area contributed by atoms with Gasteiger partial charge in [0.2, 0.25) is 0 Å².